The van der Waals surface area contributed by atoms with Crippen LogP contribution < -0.4 is 16.4 Å². The molecule has 0 aromatic carbocycles. The molecule has 1 heterocycles. The van der Waals surface area contributed by atoms with E-state index < -0.39 is 60.2 Å². The lowest BCUT2D eigenvalue weighted by atomic mass is 10.0. The number of nitrogens with two attached hydrogens (primary N) is 1. The Bertz CT molecular complexity index is 652. The summed E-state index contributed by atoms with van der Waals surface area (Å²) >= 11 is 0. The first kappa shape index (κ1) is 24.3. The number of carbonyl (C=O) groups excluding carboxylic acids is 3. The van der Waals surface area contributed by atoms with Crippen LogP contribution in [-0.2, 0) is 24.0 Å². The Morgan fingerprint density at radius 3 is 2.21 bits per heavy atom. The van der Waals surface area contributed by atoms with Crippen LogP contribution in [-0.4, -0.2) is 75.5 Å². The highest BCUT2D eigenvalue weighted by Gasteiger charge is 2.38. The van der Waals surface area contributed by atoms with Crippen LogP contribution in [0.15, 0.2) is 0 Å². The summed E-state index contributed by atoms with van der Waals surface area (Å²) in [5.74, 6) is -4.41. The van der Waals surface area contributed by atoms with E-state index in [1.165, 1.54) is 6.92 Å². The minimum Gasteiger partial charge on any atom is -0.481 e. The third-order valence-electron chi connectivity index (χ3n) is 4.63. The van der Waals surface area contributed by atoms with Crippen LogP contribution in [0.2, 0.25) is 0 Å². The van der Waals surface area contributed by atoms with Crippen molar-refractivity contribution in [1.29, 1.82) is 0 Å². The first-order chi connectivity index (χ1) is 13.4. The Morgan fingerprint density at radius 2 is 1.69 bits per heavy atom. The summed E-state index contributed by atoms with van der Waals surface area (Å²) in [7, 11) is 0. The second-order valence-corrected chi connectivity index (χ2v) is 7.65. The second kappa shape index (κ2) is 10.7. The summed E-state index contributed by atoms with van der Waals surface area (Å²) in [6.07, 6.45) is 0.443. The Kier molecular flexibility index (Phi) is 9.02. The Balaban J connectivity index is 2.80. The van der Waals surface area contributed by atoms with Gasteiger partial charge in [-0.25, -0.2) is 4.79 Å². The number of nitrogens with one attached hydrogen (secondary N) is 2. The third kappa shape index (κ3) is 7.33. The first-order valence-electron chi connectivity index (χ1n) is 9.55. The van der Waals surface area contributed by atoms with Gasteiger partial charge in [0.15, 0.2) is 0 Å². The van der Waals surface area contributed by atoms with Crippen molar-refractivity contribution in [3.63, 3.8) is 0 Å². The van der Waals surface area contributed by atoms with Gasteiger partial charge in [-0.3, -0.25) is 19.2 Å². The number of carboxylic acids is 2. The maximum atomic E-state index is 12.7. The number of rotatable bonds is 10. The molecule has 1 aliphatic rings. The molecule has 1 saturated heterocycles. The zero-order valence-electron chi connectivity index (χ0n) is 16.9. The monoisotopic (exact) mass is 414 g/mol. The van der Waals surface area contributed by atoms with Gasteiger partial charge in [-0.2, -0.15) is 0 Å². The molecule has 11 nitrogen and oxygen atoms in total. The molecule has 1 fully saturated rings. The Hall–Kier alpha value is -2.69. The molecular formula is C18H30N4O7. The van der Waals surface area contributed by atoms with Crippen molar-refractivity contribution in [3.05, 3.63) is 0 Å². The van der Waals surface area contributed by atoms with Crippen molar-refractivity contribution >= 4 is 29.7 Å². The number of carboxylic acid groups (broad SMARTS) is 2. The van der Waals surface area contributed by atoms with Crippen LogP contribution in [0.1, 0.15) is 46.5 Å². The van der Waals surface area contributed by atoms with E-state index in [0.717, 1.165) is 4.90 Å². The molecule has 0 spiro atoms. The van der Waals surface area contributed by atoms with Crippen molar-refractivity contribution in [2.75, 3.05) is 6.54 Å². The molecule has 164 valence electrons. The summed E-state index contributed by atoms with van der Waals surface area (Å²) < 4.78 is 0. The van der Waals surface area contributed by atoms with Crippen LogP contribution >= 0.6 is 0 Å². The highest BCUT2D eigenvalue weighted by atomic mass is 16.4. The van der Waals surface area contributed by atoms with Gasteiger partial charge in [0.1, 0.15) is 18.1 Å². The number of aliphatic carboxylic acids is 2. The minimum absolute atomic E-state index is 0.165. The van der Waals surface area contributed by atoms with Crippen LogP contribution in [0.4, 0.5) is 0 Å². The maximum absolute atomic E-state index is 12.7. The number of hydrogen-bond acceptors (Lipinski definition) is 6. The topological polar surface area (TPSA) is 179 Å². The normalized spacial score (nSPS) is 19.3. The summed E-state index contributed by atoms with van der Waals surface area (Å²) in [5, 5.41) is 23.0. The zero-order valence-corrected chi connectivity index (χ0v) is 16.9. The molecule has 0 bridgehead atoms. The molecular weight excluding hydrogens is 384 g/mol. The van der Waals surface area contributed by atoms with Crippen LogP contribution in [0.3, 0.4) is 0 Å². The molecule has 6 N–H and O–H groups in total. The van der Waals surface area contributed by atoms with Gasteiger partial charge in [-0.15, -0.1) is 0 Å². The fourth-order valence-electron chi connectivity index (χ4n) is 3.16. The lowest BCUT2D eigenvalue weighted by molar-refractivity contribution is -0.150. The quantitative estimate of drug-likeness (QED) is 0.299. The molecule has 3 amide bonds. The number of hydrogen-bond donors (Lipinski definition) is 5. The highest BCUT2D eigenvalue weighted by molar-refractivity contribution is 5.95. The van der Waals surface area contributed by atoms with E-state index in [-0.39, 0.29) is 18.9 Å². The van der Waals surface area contributed by atoms with Crippen LogP contribution in [0, 0.1) is 5.92 Å². The molecule has 1 aliphatic heterocycles. The first-order valence-corrected chi connectivity index (χ1v) is 9.55. The van der Waals surface area contributed by atoms with Crippen molar-refractivity contribution < 1.29 is 34.2 Å². The second-order valence-electron chi connectivity index (χ2n) is 7.65. The van der Waals surface area contributed by atoms with E-state index in [4.69, 9.17) is 10.8 Å². The van der Waals surface area contributed by atoms with Gasteiger partial charge in [0.2, 0.25) is 17.7 Å². The predicted octanol–water partition coefficient (Wildman–Crippen LogP) is -1.10. The SMILES string of the molecule is CC(C)CC(N)C(=O)NC(C)C(=O)NC(CC(=O)O)C(=O)N1CCCC1C(=O)O. The Labute approximate surface area is 169 Å². The summed E-state index contributed by atoms with van der Waals surface area (Å²) in [6.45, 7) is 5.34. The van der Waals surface area contributed by atoms with Gasteiger partial charge in [-0.05, 0) is 32.1 Å². The van der Waals surface area contributed by atoms with Crippen molar-refractivity contribution in [1.82, 2.24) is 15.5 Å². The fraction of sp³-hybridized carbons (Fsp3) is 0.722. The summed E-state index contributed by atoms with van der Waals surface area (Å²) in [5.41, 5.74) is 5.77. The van der Waals surface area contributed by atoms with Crippen molar-refractivity contribution in [2.24, 2.45) is 11.7 Å². The third-order valence-corrected chi connectivity index (χ3v) is 4.63. The smallest absolute Gasteiger partial charge is 0.326 e. The molecule has 0 aromatic heterocycles. The molecule has 0 aliphatic carbocycles. The van der Waals surface area contributed by atoms with E-state index in [1.54, 1.807) is 0 Å². The van der Waals surface area contributed by atoms with E-state index in [9.17, 15) is 29.1 Å². The van der Waals surface area contributed by atoms with E-state index in [1.807, 2.05) is 13.8 Å². The number of nitrogens with zero attached hydrogens (tertiary/aromatic N) is 1. The fourth-order valence-corrected chi connectivity index (χ4v) is 3.16. The van der Waals surface area contributed by atoms with E-state index >= 15 is 0 Å². The van der Waals surface area contributed by atoms with Crippen molar-refractivity contribution in [2.45, 2.75) is 70.6 Å². The zero-order chi connectivity index (χ0) is 22.3. The van der Waals surface area contributed by atoms with Gasteiger partial charge in [0.05, 0.1) is 12.5 Å². The summed E-state index contributed by atoms with van der Waals surface area (Å²) in [4.78, 5) is 60.7. The van der Waals surface area contributed by atoms with Crippen molar-refractivity contribution in [3.8, 4) is 0 Å². The molecule has 1 rings (SSSR count). The van der Waals surface area contributed by atoms with Crippen LogP contribution in [0.25, 0.3) is 0 Å². The molecule has 0 aromatic rings. The van der Waals surface area contributed by atoms with Gasteiger partial charge in [0, 0.05) is 6.54 Å². The standard InChI is InChI=1S/C18H30N4O7/c1-9(2)7-11(19)16(26)20-10(3)15(25)21-12(8-14(23)24)17(27)22-6-4-5-13(22)18(28)29/h9-13H,4-8,19H2,1-3H3,(H,20,26)(H,21,25)(H,23,24)(H,28,29). The average molecular weight is 414 g/mol. The van der Waals surface area contributed by atoms with Gasteiger partial charge >= 0.3 is 11.9 Å². The minimum atomic E-state index is -1.44. The average Bonchev–Trinajstić information content (AvgIpc) is 3.09. The highest BCUT2D eigenvalue weighted by Crippen LogP contribution is 2.19. The molecule has 29 heavy (non-hydrogen) atoms. The largest absolute Gasteiger partial charge is 0.481 e. The van der Waals surface area contributed by atoms with E-state index in [2.05, 4.69) is 10.6 Å². The molecule has 0 saturated carbocycles. The molecule has 0 radical (unpaired) electrons. The van der Waals surface area contributed by atoms with Crippen LogP contribution in [0.5, 0.6) is 0 Å². The van der Waals surface area contributed by atoms with E-state index in [0.29, 0.717) is 12.8 Å². The number of likely N-dealkylation sites (tertiary alicyclic amines) is 1. The number of amides is 3. The molecule has 4 atom stereocenters. The maximum Gasteiger partial charge on any atom is 0.326 e. The lowest BCUT2D eigenvalue weighted by Gasteiger charge is -2.27. The van der Waals surface area contributed by atoms with Gasteiger partial charge in [0.25, 0.3) is 0 Å². The Morgan fingerprint density at radius 1 is 1.07 bits per heavy atom. The molecule has 4 unspecified atom stereocenters. The van der Waals surface area contributed by atoms with Gasteiger partial charge in [-0.1, -0.05) is 13.8 Å². The lowest BCUT2D eigenvalue weighted by Crippen LogP contribution is -2.56. The summed E-state index contributed by atoms with van der Waals surface area (Å²) in [6, 6.07) is -4.35. The van der Waals surface area contributed by atoms with Gasteiger partial charge < -0.3 is 31.5 Å². The predicted molar refractivity (Wildman–Crippen MR) is 102 cm³/mol. The number of carbonyl (C=O) groups is 5. The molecule has 11 heteroatoms.